The van der Waals surface area contributed by atoms with E-state index in [1.54, 1.807) is 0 Å². The minimum absolute atomic E-state index is 0.160. The average Bonchev–Trinajstić information content (AvgIpc) is 3.25. The van der Waals surface area contributed by atoms with Gasteiger partial charge in [0.15, 0.2) is 0 Å². The number of rotatable bonds is 3. The first-order chi connectivity index (χ1) is 11.3. The molecule has 0 bridgehead atoms. The number of benzene rings is 1. The SMILES string of the molecule is O=C(C1CCCO1)N1CCc2cc(CC3CCNCC3)ccc21. The van der Waals surface area contributed by atoms with E-state index in [2.05, 4.69) is 23.5 Å². The number of anilines is 1. The summed E-state index contributed by atoms with van der Waals surface area (Å²) in [5, 5.41) is 3.43. The van der Waals surface area contributed by atoms with Crippen molar-refractivity contribution >= 4 is 11.6 Å². The van der Waals surface area contributed by atoms with Crippen LogP contribution in [-0.2, 0) is 22.4 Å². The zero-order valence-electron chi connectivity index (χ0n) is 13.7. The van der Waals surface area contributed by atoms with Crippen LogP contribution in [0.5, 0.6) is 0 Å². The molecule has 124 valence electrons. The standard InChI is InChI=1S/C19H26N2O2/c22-19(18-2-1-11-23-18)21-10-7-16-13-15(3-4-17(16)21)12-14-5-8-20-9-6-14/h3-4,13-14,18,20H,1-2,5-12H2. The lowest BCUT2D eigenvalue weighted by molar-refractivity contribution is -0.127. The minimum atomic E-state index is -0.213. The summed E-state index contributed by atoms with van der Waals surface area (Å²) in [6, 6.07) is 6.72. The number of carbonyl (C=O) groups is 1. The van der Waals surface area contributed by atoms with E-state index in [1.807, 2.05) is 4.90 Å². The molecule has 1 N–H and O–H groups in total. The fourth-order valence-electron chi connectivity index (χ4n) is 4.18. The molecule has 1 atom stereocenters. The molecule has 1 unspecified atom stereocenters. The van der Waals surface area contributed by atoms with Gasteiger partial charge in [-0.1, -0.05) is 12.1 Å². The molecule has 2 saturated heterocycles. The highest BCUT2D eigenvalue weighted by Gasteiger charge is 2.32. The van der Waals surface area contributed by atoms with Crippen molar-refractivity contribution in [3.05, 3.63) is 29.3 Å². The van der Waals surface area contributed by atoms with E-state index in [1.165, 1.54) is 30.4 Å². The number of amides is 1. The van der Waals surface area contributed by atoms with Crippen LogP contribution in [-0.4, -0.2) is 38.3 Å². The topological polar surface area (TPSA) is 41.6 Å². The molecule has 1 amide bonds. The third-order valence-electron chi connectivity index (χ3n) is 5.49. The van der Waals surface area contributed by atoms with Crippen LogP contribution >= 0.6 is 0 Å². The maximum absolute atomic E-state index is 12.6. The monoisotopic (exact) mass is 314 g/mol. The first kappa shape index (κ1) is 15.2. The molecule has 23 heavy (non-hydrogen) atoms. The Bertz CT molecular complexity index is 575. The molecule has 1 aromatic carbocycles. The highest BCUT2D eigenvalue weighted by Crippen LogP contribution is 2.32. The highest BCUT2D eigenvalue weighted by atomic mass is 16.5. The Morgan fingerprint density at radius 3 is 2.91 bits per heavy atom. The Morgan fingerprint density at radius 1 is 1.26 bits per heavy atom. The van der Waals surface area contributed by atoms with E-state index in [9.17, 15) is 4.79 Å². The second-order valence-corrected chi connectivity index (χ2v) is 7.10. The van der Waals surface area contributed by atoms with Crippen LogP contribution in [0.4, 0.5) is 5.69 Å². The molecule has 1 aromatic rings. The second-order valence-electron chi connectivity index (χ2n) is 7.10. The van der Waals surface area contributed by atoms with Gasteiger partial charge in [-0.2, -0.15) is 0 Å². The third kappa shape index (κ3) is 3.15. The van der Waals surface area contributed by atoms with Gasteiger partial charge in [0.1, 0.15) is 6.10 Å². The van der Waals surface area contributed by atoms with Gasteiger partial charge < -0.3 is 15.0 Å². The van der Waals surface area contributed by atoms with E-state index in [4.69, 9.17) is 4.74 Å². The van der Waals surface area contributed by atoms with Gasteiger partial charge in [0.2, 0.25) is 0 Å². The molecule has 0 spiro atoms. The molecular weight excluding hydrogens is 288 g/mol. The van der Waals surface area contributed by atoms with Crippen molar-refractivity contribution in [3.8, 4) is 0 Å². The molecule has 3 heterocycles. The number of ether oxygens (including phenoxy) is 1. The molecule has 0 radical (unpaired) electrons. The number of carbonyl (C=O) groups excluding carboxylic acids is 1. The zero-order chi connectivity index (χ0) is 15.6. The van der Waals surface area contributed by atoms with Crippen molar-refractivity contribution < 1.29 is 9.53 Å². The van der Waals surface area contributed by atoms with Crippen LogP contribution in [0.3, 0.4) is 0 Å². The van der Waals surface area contributed by atoms with Gasteiger partial charge in [-0.25, -0.2) is 0 Å². The maximum atomic E-state index is 12.6. The fourth-order valence-corrected chi connectivity index (χ4v) is 4.18. The summed E-state index contributed by atoms with van der Waals surface area (Å²) >= 11 is 0. The fraction of sp³-hybridized carbons (Fsp3) is 0.632. The van der Waals surface area contributed by atoms with Gasteiger partial charge in [-0.3, -0.25) is 4.79 Å². The van der Waals surface area contributed by atoms with Crippen LogP contribution in [0.1, 0.15) is 36.8 Å². The van der Waals surface area contributed by atoms with Crippen molar-refractivity contribution in [1.82, 2.24) is 5.32 Å². The third-order valence-corrected chi connectivity index (χ3v) is 5.49. The number of nitrogens with zero attached hydrogens (tertiary/aromatic N) is 1. The lowest BCUT2D eigenvalue weighted by Crippen LogP contribution is -2.37. The molecule has 4 heteroatoms. The Labute approximate surface area is 138 Å². The van der Waals surface area contributed by atoms with Crippen LogP contribution < -0.4 is 10.2 Å². The van der Waals surface area contributed by atoms with Crippen LogP contribution in [0.25, 0.3) is 0 Å². The van der Waals surface area contributed by atoms with Crippen LogP contribution in [0, 0.1) is 5.92 Å². The molecule has 4 rings (SSSR count). The van der Waals surface area contributed by atoms with E-state index < -0.39 is 0 Å². The zero-order valence-corrected chi connectivity index (χ0v) is 13.7. The molecular formula is C19H26N2O2. The molecule has 2 fully saturated rings. The molecule has 3 aliphatic rings. The largest absolute Gasteiger partial charge is 0.368 e. The number of piperidine rings is 1. The summed E-state index contributed by atoms with van der Waals surface area (Å²) in [6.07, 6.45) is 6.38. The molecule has 4 nitrogen and oxygen atoms in total. The Kier molecular flexibility index (Phi) is 4.36. The van der Waals surface area contributed by atoms with E-state index >= 15 is 0 Å². The lowest BCUT2D eigenvalue weighted by atomic mass is 9.90. The van der Waals surface area contributed by atoms with Crippen molar-refractivity contribution in [1.29, 1.82) is 0 Å². The van der Waals surface area contributed by atoms with Crippen molar-refractivity contribution in [3.63, 3.8) is 0 Å². The first-order valence-corrected chi connectivity index (χ1v) is 9.07. The summed E-state index contributed by atoms with van der Waals surface area (Å²) in [5.41, 5.74) is 3.88. The molecule has 0 aliphatic carbocycles. The van der Waals surface area contributed by atoms with Gasteiger partial charge in [-0.15, -0.1) is 0 Å². The lowest BCUT2D eigenvalue weighted by Gasteiger charge is -2.23. The second kappa shape index (κ2) is 6.62. The van der Waals surface area contributed by atoms with Gasteiger partial charge >= 0.3 is 0 Å². The van der Waals surface area contributed by atoms with Crippen molar-refractivity contribution in [2.24, 2.45) is 5.92 Å². The number of hydrogen-bond donors (Lipinski definition) is 1. The molecule has 0 aromatic heterocycles. The summed E-state index contributed by atoms with van der Waals surface area (Å²) in [7, 11) is 0. The normalized spacial score (nSPS) is 24.9. The molecule has 0 saturated carbocycles. The smallest absolute Gasteiger partial charge is 0.256 e. The Balaban J connectivity index is 1.46. The van der Waals surface area contributed by atoms with Crippen molar-refractivity contribution in [2.45, 2.75) is 44.6 Å². The first-order valence-electron chi connectivity index (χ1n) is 9.07. The summed E-state index contributed by atoms with van der Waals surface area (Å²) in [6.45, 7) is 3.84. The number of hydrogen-bond acceptors (Lipinski definition) is 3. The summed E-state index contributed by atoms with van der Waals surface area (Å²) in [5.74, 6) is 0.965. The Morgan fingerprint density at radius 2 is 2.13 bits per heavy atom. The quantitative estimate of drug-likeness (QED) is 0.931. The van der Waals surface area contributed by atoms with E-state index in [-0.39, 0.29) is 12.0 Å². The van der Waals surface area contributed by atoms with Gasteiger partial charge in [0.25, 0.3) is 5.91 Å². The predicted molar refractivity (Wildman–Crippen MR) is 90.8 cm³/mol. The molecule has 3 aliphatic heterocycles. The van der Waals surface area contributed by atoms with Gasteiger partial charge in [0.05, 0.1) is 0 Å². The maximum Gasteiger partial charge on any atom is 0.256 e. The summed E-state index contributed by atoms with van der Waals surface area (Å²) < 4.78 is 5.57. The van der Waals surface area contributed by atoms with Gasteiger partial charge in [0, 0.05) is 18.8 Å². The van der Waals surface area contributed by atoms with Crippen molar-refractivity contribution in [2.75, 3.05) is 31.1 Å². The average molecular weight is 314 g/mol. The van der Waals surface area contributed by atoms with E-state index in [0.29, 0.717) is 0 Å². The minimum Gasteiger partial charge on any atom is -0.368 e. The Hall–Kier alpha value is -1.39. The van der Waals surface area contributed by atoms with Gasteiger partial charge in [-0.05, 0) is 74.7 Å². The summed E-state index contributed by atoms with van der Waals surface area (Å²) in [4.78, 5) is 14.6. The predicted octanol–water partition coefficient (Wildman–Crippen LogP) is 2.30. The number of fused-ring (bicyclic) bond motifs is 1. The number of nitrogens with one attached hydrogen (secondary N) is 1. The van der Waals surface area contributed by atoms with E-state index in [0.717, 1.165) is 57.1 Å². The highest BCUT2D eigenvalue weighted by molar-refractivity contribution is 5.98. The van der Waals surface area contributed by atoms with Crippen LogP contribution in [0.2, 0.25) is 0 Å². The van der Waals surface area contributed by atoms with Crippen LogP contribution in [0.15, 0.2) is 18.2 Å².